The standard InChI is InChI=1S/C16H18ClNO2/c1-2-5-18-15(12-3-6-19-10-12)14-9-13(17)8-11-4-7-20-16(11)14/h3,6,8-10,15,18H,2,4-5,7H2,1H3. The van der Waals surface area contributed by atoms with E-state index in [-0.39, 0.29) is 6.04 Å². The molecule has 1 unspecified atom stereocenters. The molecule has 2 heterocycles. The lowest BCUT2D eigenvalue weighted by Crippen LogP contribution is -2.23. The third-order valence-corrected chi connectivity index (χ3v) is 3.78. The van der Waals surface area contributed by atoms with Crippen LogP contribution in [0, 0.1) is 0 Å². The molecule has 4 heteroatoms. The molecule has 1 aliphatic heterocycles. The summed E-state index contributed by atoms with van der Waals surface area (Å²) in [6.45, 7) is 3.81. The first-order chi connectivity index (χ1) is 9.79. The van der Waals surface area contributed by atoms with Gasteiger partial charge in [0.2, 0.25) is 0 Å². The zero-order chi connectivity index (χ0) is 13.9. The van der Waals surface area contributed by atoms with Crippen LogP contribution in [0.15, 0.2) is 35.1 Å². The Balaban J connectivity index is 2.03. The fraction of sp³-hybridized carbons (Fsp3) is 0.375. The molecular weight excluding hydrogens is 274 g/mol. The Kier molecular flexibility index (Phi) is 3.99. The van der Waals surface area contributed by atoms with Crippen molar-refractivity contribution in [2.45, 2.75) is 25.8 Å². The van der Waals surface area contributed by atoms with E-state index in [1.165, 1.54) is 5.56 Å². The predicted octanol–water partition coefficient (Wildman–Crippen LogP) is 3.96. The molecule has 3 nitrogen and oxygen atoms in total. The normalized spacial score (nSPS) is 14.9. The minimum Gasteiger partial charge on any atom is -0.493 e. The molecule has 0 radical (unpaired) electrons. The van der Waals surface area contributed by atoms with Gasteiger partial charge in [0.05, 0.1) is 25.2 Å². The van der Waals surface area contributed by atoms with E-state index < -0.39 is 0 Å². The molecule has 2 aromatic rings. The van der Waals surface area contributed by atoms with Gasteiger partial charge in [0.25, 0.3) is 0 Å². The Morgan fingerprint density at radius 1 is 1.40 bits per heavy atom. The number of halogens is 1. The van der Waals surface area contributed by atoms with Gasteiger partial charge in [-0.2, -0.15) is 0 Å². The average molecular weight is 292 g/mol. The Morgan fingerprint density at radius 3 is 3.05 bits per heavy atom. The molecule has 0 fully saturated rings. The molecule has 0 spiro atoms. The quantitative estimate of drug-likeness (QED) is 0.905. The maximum absolute atomic E-state index is 6.26. The van der Waals surface area contributed by atoms with Gasteiger partial charge in [-0.15, -0.1) is 0 Å². The van der Waals surface area contributed by atoms with Gasteiger partial charge < -0.3 is 14.5 Å². The monoisotopic (exact) mass is 291 g/mol. The summed E-state index contributed by atoms with van der Waals surface area (Å²) >= 11 is 6.26. The van der Waals surface area contributed by atoms with Crippen LogP contribution in [-0.4, -0.2) is 13.2 Å². The fourth-order valence-corrected chi connectivity index (χ4v) is 2.90. The van der Waals surface area contributed by atoms with Gasteiger partial charge in [0.15, 0.2) is 0 Å². The average Bonchev–Trinajstić information content (AvgIpc) is 3.09. The van der Waals surface area contributed by atoms with E-state index in [1.54, 1.807) is 12.5 Å². The summed E-state index contributed by atoms with van der Waals surface area (Å²) in [5.41, 5.74) is 3.39. The molecule has 1 aromatic heterocycles. The van der Waals surface area contributed by atoms with Crippen molar-refractivity contribution in [3.05, 3.63) is 52.4 Å². The van der Waals surface area contributed by atoms with Gasteiger partial charge in [-0.1, -0.05) is 18.5 Å². The largest absolute Gasteiger partial charge is 0.493 e. The van der Waals surface area contributed by atoms with E-state index in [4.69, 9.17) is 20.8 Å². The van der Waals surface area contributed by atoms with Crippen LogP contribution in [0.2, 0.25) is 5.02 Å². The van der Waals surface area contributed by atoms with Crippen LogP contribution >= 0.6 is 11.6 Å². The number of nitrogens with one attached hydrogen (secondary N) is 1. The Labute approximate surface area is 123 Å². The second-order valence-electron chi connectivity index (χ2n) is 5.03. The third-order valence-electron chi connectivity index (χ3n) is 3.56. The van der Waals surface area contributed by atoms with Gasteiger partial charge in [0.1, 0.15) is 5.75 Å². The smallest absolute Gasteiger partial charge is 0.127 e. The maximum atomic E-state index is 6.26. The molecule has 0 bridgehead atoms. The van der Waals surface area contributed by atoms with Crippen LogP contribution < -0.4 is 10.1 Å². The Morgan fingerprint density at radius 2 is 2.30 bits per heavy atom. The maximum Gasteiger partial charge on any atom is 0.127 e. The lowest BCUT2D eigenvalue weighted by molar-refractivity contribution is 0.350. The summed E-state index contributed by atoms with van der Waals surface area (Å²) in [6.07, 6.45) is 5.46. The summed E-state index contributed by atoms with van der Waals surface area (Å²) in [5, 5.41) is 4.31. The fourth-order valence-electron chi connectivity index (χ4n) is 2.65. The van der Waals surface area contributed by atoms with E-state index >= 15 is 0 Å². The van der Waals surface area contributed by atoms with Crippen molar-refractivity contribution >= 4 is 11.6 Å². The van der Waals surface area contributed by atoms with E-state index in [0.717, 1.165) is 47.9 Å². The second kappa shape index (κ2) is 5.90. The van der Waals surface area contributed by atoms with Crippen molar-refractivity contribution in [1.29, 1.82) is 0 Å². The van der Waals surface area contributed by atoms with Crippen LogP contribution in [0.25, 0.3) is 0 Å². The summed E-state index contributed by atoms with van der Waals surface area (Å²) in [5.74, 6) is 0.976. The van der Waals surface area contributed by atoms with Crippen molar-refractivity contribution < 1.29 is 9.15 Å². The van der Waals surface area contributed by atoms with E-state index in [9.17, 15) is 0 Å². The van der Waals surface area contributed by atoms with Gasteiger partial charge in [0, 0.05) is 22.6 Å². The first-order valence-corrected chi connectivity index (χ1v) is 7.38. The van der Waals surface area contributed by atoms with E-state index in [0.29, 0.717) is 0 Å². The van der Waals surface area contributed by atoms with E-state index in [2.05, 4.69) is 12.2 Å². The number of hydrogen-bond donors (Lipinski definition) is 1. The highest BCUT2D eigenvalue weighted by molar-refractivity contribution is 6.30. The van der Waals surface area contributed by atoms with Crippen molar-refractivity contribution in [3.8, 4) is 5.75 Å². The van der Waals surface area contributed by atoms with Crippen molar-refractivity contribution in [3.63, 3.8) is 0 Å². The number of furan rings is 1. The van der Waals surface area contributed by atoms with Crippen LogP contribution in [0.4, 0.5) is 0 Å². The molecule has 0 saturated heterocycles. The minimum atomic E-state index is 0.0549. The number of benzene rings is 1. The molecule has 1 N–H and O–H groups in total. The van der Waals surface area contributed by atoms with Crippen molar-refractivity contribution in [1.82, 2.24) is 5.32 Å². The highest BCUT2D eigenvalue weighted by Crippen LogP contribution is 2.38. The molecule has 1 aromatic carbocycles. The van der Waals surface area contributed by atoms with Gasteiger partial charge in [-0.25, -0.2) is 0 Å². The van der Waals surface area contributed by atoms with Crippen LogP contribution in [0.3, 0.4) is 0 Å². The van der Waals surface area contributed by atoms with Crippen molar-refractivity contribution in [2.24, 2.45) is 0 Å². The second-order valence-corrected chi connectivity index (χ2v) is 5.46. The zero-order valence-corrected chi connectivity index (χ0v) is 12.2. The summed E-state index contributed by atoms with van der Waals surface area (Å²) < 4.78 is 11.0. The molecule has 3 rings (SSSR count). The van der Waals surface area contributed by atoms with E-state index in [1.807, 2.05) is 18.2 Å². The summed E-state index contributed by atoms with van der Waals surface area (Å²) in [6, 6.07) is 6.03. The molecule has 106 valence electrons. The lowest BCUT2D eigenvalue weighted by Gasteiger charge is -2.20. The van der Waals surface area contributed by atoms with Gasteiger partial charge in [-0.05, 0) is 36.7 Å². The number of ether oxygens (including phenoxy) is 1. The highest BCUT2D eigenvalue weighted by Gasteiger charge is 2.24. The van der Waals surface area contributed by atoms with Crippen molar-refractivity contribution in [2.75, 3.05) is 13.2 Å². The highest BCUT2D eigenvalue weighted by atomic mass is 35.5. The van der Waals surface area contributed by atoms with Gasteiger partial charge in [-0.3, -0.25) is 0 Å². The first kappa shape index (κ1) is 13.5. The first-order valence-electron chi connectivity index (χ1n) is 7.00. The summed E-state index contributed by atoms with van der Waals surface area (Å²) in [7, 11) is 0. The molecule has 0 saturated carbocycles. The Hall–Kier alpha value is -1.45. The number of hydrogen-bond acceptors (Lipinski definition) is 3. The van der Waals surface area contributed by atoms with Crippen LogP contribution in [0.1, 0.15) is 36.1 Å². The SMILES string of the molecule is CCCNC(c1ccoc1)c1cc(Cl)cc2c1OCC2. The zero-order valence-electron chi connectivity index (χ0n) is 11.5. The molecule has 1 atom stereocenters. The number of rotatable bonds is 5. The van der Waals surface area contributed by atoms with Crippen LogP contribution in [-0.2, 0) is 6.42 Å². The van der Waals surface area contributed by atoms with Crippen LogP contribution in [0.5, 0.6) is 5.75 Å². The molecule has 0 amide bonds. The predicted molar refractivity (Wildman–Crippen MR) is 79.5 cm³/mol. The number of fused-ring (bicyclic) bond motifs is 1. The lowest BCUT2D eigenvalue weighted by atomic mass is 9.97. The Bertz CT molecular complexity index is 580. The molecule has 20 heavy (non-hydrogen) atoms. The molecular formula is C16H18ClNO2. The molecule has 1 aliphatic rings. The van der Waals surface area contributed by atoms with Gasteiger partial charge >= 0.3 is 0 Å². The summed E-state index contributed by atoms with van der Waals surface area (Å²) in [4.78, 5) is 0. The third kappa shape index (κ3) is 2.56. The topological polar surface area (TPSA) is 34.4 Å². The molecule has 0 aliphatic carbocycles. The minimum absolute atomic E-state index is 0.0549.